The highest BCUT2D eigenvalue weighted by atomic mass is 19.1. The second kappa shape index (κ2) is 11.6. The van der Waals surface area contributed by atoms with Crippen LogP contribution in [-0.2, 0) is 4.74 Å². The predicted molar refractivity (Wildman–Crippen MR) is 140 cm³/mol. The average molecular weight is 502 g/mol. The van der Waals surface area contributed by atoms with Gasteiger partial charge in [-0.1, -0.05) is 61.5 Å². The monoisotopic (exact) mass is 501 g/mol. The van der Waals surface area contributed by atoms with Gasteiger partial charge in [0.2, 0.25) is 0 Å². The van der Waals surface area contributed by atoms with Crippen LogP contribution in [0.4, 0.5) is 14.9 Å². The maximum atomic E-state index is 12.4. The Morgan fingerprint density at radius 3 is 2.19 bits per heavy atom. The lowest BCUT2D eigenvalue weighted by Crippen LogP contribution is -2.27. The van der Waals surface area contributed by atoms with Crippen LogP contribution >= 0.6 is 0 Å². The van der Waals surface area contributed by atoms with Crippen LogP contribution < -0.4 is 4.90 Å². The van der Waals surface area contributed by atoms with Crippen molar-refractivity contribution in [2.45, 2.75) is 25.5 Å². The van der Waals surface area contributed by atoms with E-state index in [4.69, 9.17) is 4.74 Å². The lowest BCUT2D eigenvalue weighted by Gasteiger charge is -2.22. The third-order valence-corrected chi connectivity index (χ3v) is 6.14. The first-order valence-electron chi connectivity index (χ1n) is 11.9. The molecule has 1 amide bonds. The molecule has 0 radical (unpaired) electrons. The van der Waals surface area contributed by atoms with E-state index in [-0.39, 0.29) is 23.9 Å². The van der Waals surface area contributed by atoms with Gasteiger partial charge in [0.15, 0.2) is 0 Å². The lowest BCUT2D eigenvalue weighted by molar-refractivity contribution is 0.173. The Hall–Kier alpha value is -4.36. The van der Waals surface area contributed by atoms with E-state index in [1.807, 2.05) is 61.5 Å². The van der Waals surface area contributed by atoms with Gasteiger partial charge < -0.3 is 20.1 Å². The highest BCUT2D eigenvalue weighted by molar-refractivity contribution is 5.91. The quantitative estimate of drug-likeness (QED) is 0.282. The molecule has 4 aromatic rings. The average Bonchev–Trinajstić information content (AvgIpc) is 3.30. The first-order chi connectivity index (χ1) is 17.9. The largest absolute Gasteiger partial charge is 0.508 e. The molecule has 1 saturated heterocycles. The van der Waals surface area contributed by atoms with E-state index in [0.29, 0.717) is 17.7 Å². The highest BCUT2D eigenvalue weighted by Crippen LogP contribution is 2.38. The zero-order chi connectivity index (χ0) is 26.4. The molecule has 1 aliphatic heterocycles. The molecular weight excluding hydrogens is 473 g/mol. The standard InChI is InChI=1S/C21H17NO4.C9H11FO/c23-17-10-11-18(20(24)12-17)19-13-26-21(25)22(19)16-8-6-15(7-9-16)14-4-2-1-3-5-14;1-2-9(11)7-3-5-8(10)6-4-7/h1-12,19,23-24H,13H2;3-6,9,11H,2H2,1H3. The maximum Gasteiger partial charge on any atom is 0.415 e. The third kappa shape index (κ3) is 6.08. The summed E-state index contributed by atoms with van der Waals surface area (Å²) in [5.74, 6) is -0.369. The van der Waals surface area contributed by atoms with Crippen molar-refractivity contribution in [1.82, 2.24) is 0 Å². The van der Waals surface area contributed by atoms with Crippen LogP contribution in [0.2, 0.25) is 0 Å². The number of rotatable bonds is 5. The fourth-order valence-corrected chi connectivity index (χ4v) is 4.12. The molecule has 4 aromatic carbocycles. The molecule has 6 nitrogen and oxygen atoms in total. The number of aromatic hydroxyl groups is 2. The van der Waals surface area contributed by atoms with Crippen LogP contribution in [0.5, 0.6) is 11.5 Å². The zero-order valence-electron chi connectivity index (χ0n) is 20.3. The lowest BCUT2D eigenvalue weighted by atomic mass is 10.0. The van der Waals surface area contributed by atoms with Gasteiger partial charge in [0.05, 0.1) is 6.10 Å². The minimum absolute atomic E-state index is 0.0322. The first kappa shape index (κ1) is 25.7. The molecule has 1 aliphatic rings. The van der Waals surface area contributed by atoms with E-state index in [0.717, 1.165) is 16.7 Å². The maximum absolute atomic E-state index is 12.4. The molecule has 1 fully saturated rings. The van der Waals surface area contributed by atoms with Gasteiger partial charge in [-0.25, -0.2) is 9.18 Å². The van der Waals surface area contributed by atoms with Crippen molar-refractivity contribution in [1.29, 1.82) is 0 Å². The molecule has 0 aromatic heterocycles. The molecule has 0 aliphatic carbocycles. The second-order valence-corrected chi connectivity index (χ2v) is 8.59. The minimum atomic E-state index is -0.463. The topological polar surface area (TPSA) is 90.2 Å². The summed E-state index contributed by atoms with van der Waals surface area (Å²) in [5.41, 5.74) is 4.13. The second-order valence-electron chi connectivity index (χ2n) is 8.59. The van der Waals surface area contributed by atoms with Gasteiger partial charge in [0.1, 0.15) is 30.0 Å². The number of aliphatic hydroxyl groups excluding tert-OH is 1. The van der Waals surface area contributed by atoms with E-state index in [2.05, 4.69) is 0 Å². The summed E-state index contributed by atoms with van der Waals surface area (Å²) in [6, 6.07) is 27.4. The van der Waals surface area contributed by atoms with E-state index in [9.17, 15) is 24.5 Å². The highest BCUT2D eigenvalue weighted by Gasteiger charge is 2.36. The Morgan fingerprint density at radius 1 is 0.919 bits per heavy atom. The van der Waals surface area contributed by atoms with E-state index in [1.165, 1.54) is 29.2 Å². The van der Waals surface area contributed by atoms with Crippen LogP contribution in [-0.4, -0.2) is 28.0 Å². The normalized spacial score (nSPS) is 15.5. The van der Waals surface area contributed by atoms with Crippen molar-refractivity contribution in [3.05, 3.63) is 114 Å². The summed E-state index contributed by atoms with van der Waals surface area (Å²) in [6.07, 6.45) is -0.267. The number of phenolic OH excluding ortho intramolecular Hbond substituents is 2. The summed E-state index contributed by atoms with van der Waals surface area (Å²) >= 11 is 0. The Bertz CT molecular complexity index is 1330. The number of anilines is 1. The molecule has 2 atom stereocenters. The van der Waals surface area contributed by atoms with Gasteiger partial charge >= 0.3 is 6.09 Å². The van der Waals surface area contributed by atoms with Crippen molar-refractivity contribution in [3.8, 4) is 22.6 Å². The molecule has 5 rings (SSSR count). The number of cyclic esters (lactones) is 1. The number of hydrogen-bond donors (Lipinski definition) is 3. The van der Waals surface area contributed by atoms with Crippen molar-refractivity contribution in [2.24, 2.45) is 0 Å². The summed E-state index contributed by atoms with van der Waals surface area (Å²) < 4.78 is 17.6. The smallest absolute Gasteiger partial charge is 0.415 e. The van der Waals surface area contributed by atoms with E-state index < -0.39 is 18.2 Å². The summed E-state index contributed by atoms with van der Waals surface area (Å²) in [4.78, 5) is 13.8. The molecule has 0 saturated carbocycles. The molecule has 37 heavy (non-hydrogen) atoms. The summed E-state index contributed by atoms with van der Waals surface area (Å²) in [7, 11) is 0. The number of amides is 1. The Labute approximate surface area is 214 Å². The van der Waals surface area contributed by atoms with Crippen LogP contribution in [0, 0.1) is 5.82 Å². The van der Waals surface area contributed by atoms with Gasteiger partial charge in [-0.3, -0.25) is 4.90 Å². The summed E-state index contributed by atoms with van der Waals surface area (Å²) in [6.45, 7) is 2.02. The van der Waals surface area contributed by atoms with Crippen LogP contribution in [0.1, 0.15) is 36.6 Å². The molecule has 0 spiro atoms. The SMILES string of the molecule is CCC(O)c1ccc(F)cc1.O=C1OCC(c2ccc(O)cc2O)N1c1ccc(-c2ccccc2)cc1. The number of ether oxygens (including phenoxy) is 1. The number of benzene rings is 4. The molecule has 190 valence electrons. The number of phenols is 2. The Morgan fingerprint density at radius 2 is 1.57 bits per heavy atom. The fraction of sp³-hybridized carbons (Fsp3) is 0.167. The number of nitrogens with zero attached hydrogens (tertiary/aromatic N) is 1. The molecule has 7 heteroatoms. The number of carbonyl (C=O) groups excluding carboxylic acids is 1. The molecule has 1 heterocycles. The van der Waals surface area contributed by atoms with Crippen molar-refractivity contribution in [3.63, 3.8) is 0 Å². The van der Waals surface area contributed by atoms with Crippen LogP contribution in [0.15, 0.2) is 97.1 Å². The molecular formula is C30H28FNO5. The van der Waals surface area contributed by atoms with E-state index >= 15 is 0 Å². The Balaban J connectivity index is 0.000000245. The fourth-order valence-electron chi connectivity index (χ4n) is 4.12. The van der Waals surface area contributed by atoms with Gasteiger partial charge in [0, 0.05) is 17.3 Å². The molecule has 0 bridgehead atoms. The number of hydrogen-bond acceptors (Lipinski definition) is 5. The molecule has 3 N–H and O–H groups in total. The van der Waals surface area contributed by atoms with Crippen molar-refractivity contribution < 1.29 is 29.2 Å². The van der Waals surface area contributed by atoms with Gasteiger partial charge in [-0.2, -0.15) is 0 Å². The Kier molecular flexibility index (Phi) is 8.05. The number of halogens is 1. The van der Waals surface area contributed by atoms with Crippen molar-refractivity contribution >= 4 is 11.8 Å². The zero-order valence-corrected chi connectivity index (χ0v) is 20.3. The van der Waals surface area contributed by atoms with E-state index in [1.54, 1.807) is 18.2 Å². The molecule has 2 unspecified atom stereocenters. The van der Waals surface area contributed by atoms with Gasteiger partial charge in [0.25, 0.3) is 0 Å². The summed E-state index contributed by atoms with van der Waals surface area (Å²) in [5, 5.41) is 28.9. The van der Waals surface area contributed by atoms with Crippen LogP contribution in [0.25, 0.3) is 11.1 Å². The number of carbonyl (C=O) groups is 1. The minimum Gasteiger partial charge on any atom is -0.508 e. The first-order valence-corrected chi connectivity index (χ1v) is 11.9. The van der Waals surface area contributed by atoms with Gasteiger partial charge in [-0.15, -0.1) is 0 Å². The van der Waals surface area contributed by atoms with Crippen molar-refractivity contribution in [2.75, 3.05) is 11.5 Å². The number of aliphatic hydroxyl groups is 1. The van der Waals surface area contributed by atoms with Gasteiger partial charge in [-0.05, 0) is 59.5 Å². The van der Waals surface area contributed by atoms with Crippen LogP contribution in [0.3, 0.4) is 0 Å². The third-order valence-electron chi connectivity index (χ3n) is 6.14. The predicted octanol–water partition coefficient (Wildman–Crippen LogP) is 6.73.